The van der Waals surface area contributed by atoms with Crippen LogP contribution in [0.2, 0.25) is 0 Å². The summed E-state index contributed by atoms with van der Waals surface area (Å²) in [5, 5.41) is 3.50. The van der Waals surface area contributed by atoms with Crippen molar-refractivity contribution in [3.63, 3.8) is 0 Å². The molecule has 3 nitrogen and oxygen atoms in total. The smallest absolute Gasteiger partial charge is 0.0572 e. The van der Waals surface area contributed by atoms with Gasteiger partial charge < -0.3 is 10.2 Å². The largest absolute Gasteiger partial charge is 0.367 e. The van der Waals surface area contributed by atoms with Crippen LogP contribution in [0, 0.1) is 0 Å². The Bertz CT molecular complexity index is 401. The minimum Gasteiger partial charge on any atom is -0.367 e. The molecule has 0 aliphatic carbocycles. The van der Waals surface area contributed by atoms with Gasteiger partial charge in [0.1, 0.15) is 0 Å². The van der Waals surface area contributed by atoms with Crippen LogP contribution >= 0.6 is 0 Å². The van der Waals surface area contributed by atoms with Crippen molar-refractivity contribution in [3.05, 3.63) is 24.0 Å². The van der Waals surface area contributed by atoms with E-state index in [4.69, 9.17) is 4.98 Å². The van der Waals surface area contributed by atoms with Gasteiger partial charge >= 0.3 is 0 Å². The van der Waals surface area contributed by atoms with E-state index in [1.807, 2.05) is 0 Å². The lowest BCUT2D eigenvalue weighted by Crippen LogP contribution is -2.34. The summed E-state index contributed by atoms with van der Waals surface area (Å²) in [5.41, 5.74) is 2.45. The third kappa shape index (κ3) is 4.44. The molecule has 3 heteroatoms. The van der Waals surface area contributed by atoms with E-state index >= 15 is 0 Å². The van der Waals surface area contributed by atoms with Crippen LogP contribution in [0.5, 0.6) is 0 Å². The van der Waals surface area contributed by atoms with Gasteiger partial charge in [-0.15, -0.1) is 0 Å². The van der Waals surface area contributed by atoms with Crippen LogP contribution in [0.4, 0.5) is 5.69 Å². The zero-order chi connectivity index (χ0) is 15.1. The van der Waals surface area contributed by atoms with Gasteiger partial charge in [0.15, 0.2) is 0 Å². The van der Waals surface area contributed by atoms with Gasteiger partial charge in [0.25, 0.3) is 0 Å². The summed E-state index contributed by atoms with van der Waals surface area (Å²) in [7, 11) is 0. The average molecular weight is 289 g/mol. The highest BCUT2D eigenvalue weighted by molar-refractivity contribution is 5.46. The molecule has 21 heavy (non-hydrogen) atoms. The standard InChI is InChI=1S/C18H31N3/c1-4-12-19-15(3)18-11-10-17(14-20-18)21-13-8-6-7-9-16(21)5-2/h10-11,14-16,19H,4-9,12-13H2,1-3H3. The Kier molecular flexibility index (Phi) is 6.50. The maximum Gasteiger partial charge on any atom is 0.0572 e. The highest BCUT2D eigenvalue weighted by Gasteiger charge is 2.20. The average Bonchev–Trinajstić information content (AvgIpc) is 2.78. The first-order chi connectivity index (χ1) is 10.3. The highest BCUT2D eigenvalue weighted by atomic mass is 15.2. The van der Waals surface area contributed by atoms with E-state index < -0.39 is 0 Å². The zero-order valence-corrected chi connectivity index (χ0v) is 13.9. The first kappa shape index (κ1) is 16.3. The molecule has 0 saturated carbocycles. The van der Waals surface area contributed by atoms with Crippen molar-refractivity contribution in [1.82, 2.24) is 10.3 Å². The Balaban J connectivity index is 2.06. The second-order valence-electron chi connectivity index (χ2n) is 6.22. The van der Waals surface area contributed by atoms with E-state index in [1.165, 1.54) is 44.3 Å². The fourth-order valence-corrected chi connectivity index (χ4v) is 3.23. The molecule has 1 aromatic rings. The van der Waals surface area contributed by atoms with E-state index in [-0.39, 0.29) is 0 Å². The van der Waals surface area contributed by atoms with E-state index in [1.54, 1.807) is 0 Å². The highest BCUT2D eigenvalue weighted by Crippen LogP contribution is 2.26. The molecular weight excluding hydrogens is 258 g/mol. The number of hydrogen-bond acceptors (Lipinski definition) is 3. The van der Waals surface area contributed by atoms with Crippen molar-refractivity contribution in [2.45, 2.75) is 71.4 Å². The first-order valence-corrected chi connectivity index (χ1v) is 8.72. The minimum atomic E-state index is 0.338. The minimum absolute atomic E-state index is 0.338. The van der Waals surface area contributed by atoms with E-state index in [2.05, 4.69) is 49.3 Å². The van der Waals surface area contributed by atoms with Gasteiger partial charge in [0.2, 0.25) is 0 Å². The summed E-state index contributed by atoms with van der Waals surface area (Å²) >= 11 is 0. The molecule has 0 spiro atoms. The van der Waals surface area contributed by atoms with Gasteiger partial charge in [0.05, 0.1) is 17.6 Å². The number of nitrogens with zero attached hydrogens (tertiary/aromatic N) is 2. The first-order valence-electron chi connectivity index (χ1n) is 8.72. The van der Waals surface area contributed by atoms with Crippen LogP contribution in [-0.2, 0) is 0 Å². The van der Waals surface area contributed by atoms with Gasteiger partial charge in [-0.2, -0.15) is 0 Å². The SMILES string of the molecule is CCCNC(C)c1ccc(N2CCCCCC2CC)cn1. The molecule has 2 rings (SSSR count). The summed E-state index contributed by atoms with van der Waals surface area (Å²) in [6.45, 7) is 8.93. The molecule has 0 radical (unpaired) electrons. The second-order valence-corrected chi connectivity index (χ2v) is 6.22. The van der Waals surface area contributed by atoms with E-state index in [9.17, 15) is 0 Å². The lowest BCUT2D eigenvalue weighted by molar-refractivity contribution is 0.550. The Hall–Kier alpha value is -1.09. The van der Waals surface area contributed by atoms with Crippen molar-refractivity contribution in [2.75, 3.05) is 18.0 Å². The molecule has 1 aromatic heterocycles. The molecule has 2 unspecified atom stereocenters. The number of nitrogens with one attached hydrogen (secondary N) is 1. The summed E-state index contributed by atoms with van der Waals surface area (Å²) in [6, 6.07) is 5.49. The molecular formula is C18H31N3. The Labute approximate surface area is 130 Å². The van der Waals surface area contributed by atoms with Gasteiger partial charge in [-0.3, -0.25) is 4.98 Å². The van der Waals surface area contributed by atoms with Crippen LogP contribution in [0.25, 0.3) is 0 Å². The van der Waals surface area contributed by atoms with E-state index in [0.29, 0.717) is 12.1 Å². The van der Waals surface area contributed by atoms with Crippen LogP contribution in [0.3, 0.4) is 0 Å². The van der Waals surface area contributed by atoms with Crippen molar-refractivity contribution < 1.29 is 0 Å². The lowest BCUT2D eigenvalue weighted by Gasteiger charge is -2.31. The molecule has 1 aliphatic rings. The maximum atomic E-state index is 4.70. The fourth-order valence-electron chi connectivity index (χ4n) is 3.23. The topological polar surface area (TPSA) is 28.2 Å². The molecule has 0 amide bonds. The quantitative estimate of drug-likeness (QED) is 0.846. The van der Waals surface area contributed by atoms with Crippen molar-refractivity contribution in [1.29, 1.82) is 0 Å². The van der Waals surface area contributed by atoms with Crippen LogP contribution in [0.15, 0.2) is 18.3 Å². The Morgan fingerprint density at radius 3 is 2.81 bits per heavy atom. The molecule has 1 N–H and O–H groups in total. The number of anilines is 1. The number of rotatable bonds is 6. The molecule has 0 bridgehead atoms. The fraction of sp³-hybridized carbons (Fsp3) is 0.722. The molecule has 2 atom stereocenters. The normalized spacial score (nSPS) is 21.1. The van der Waals surface area contributed by atoms with Crippen molar-refractivity contribution in [2.24, 2.45) is 0 Å². The van der Waals surface area contributed by atoms with Gasteiger partial charge in [-0.05, 0) is 51.3 Å². The molecule has 1 saturated heterocycles. The van der Waals surface area contributed by atoms with Crippen LogP contribution in [-0.4, -0.2) is 24.1 Å². The van der Waals surface area contributed by atoms with Crippen LogP contribution in [0.1, 0.15) is 71.0 Å². The number of pyridine rings is 1. The Morgan fingerprint density at radius 2 is 2.14 bits per heavy atom. The maximum absolute atomic E-state index is 4.70. The van der Waals surface area contributed by atoms with Crippen molar-refractivity contribution >= 4 is 5.69 Å². The third-order valence-electron chi connectivity index (χ3n) is 4.59. The van der Waals surface area contributed by atoms with Gasteiger partial charge in [-0.1, -0.05) is 26.7 Å². The molecule has 118 valence electrons. The number of hydrogen-bond donors (Lipinski definition) is 1. The predicted octanol–water partition coefficient (Wildman–Crippen LogP) is 4.30. The van der Waals surface area contributed by atoms with Gasteiger partial charge in [0, 0.05) is 18.6 Å². The summed E-state index contributed by atoms with van der Waals surface area (Å²) < 4.78 is 0. The van der Waals surface area contributed by atoms with Crippen molar-refractivity contribution in [3.8, 4) is 0 Å². The van der Waals surface area contributed by atoms with E-state index in [0.717, 1.165) is 18.7 Å². The summed E-state index contributed by atoms with van der Waals surface area (Å²) in [6.07, 6.45) is 9.85. The second kappa shape index (κ2) is 8.38. The molecule has 1 aliphatic heterocycles. The predicted molar refractivity (Wildman–Crippen MR) is 90.8 cm³/mol. The lowest BCUT2D eigenvalue weighted by atomic mass is 10.1. The third-order valence-corrected chi connectivity index (χ3v) is 4.59. The molecule has 2 heterocycles. The monoisotopic (exact) mass is 289 g/mol. The summed E-state index contributed by atoms with van der Waals surface area (Å²) in [5.74, 6) is 0. The van der Waals surface area contributed by atoms with Gasteiger partial charge in [-0.25, -0.2) is 0 Å². The molecule has 0 aromatic carbocycles. The van der Waals surface area contributed by atoms with Crippen LogP contribution < -0.4 is 10.2 Å². The number of aromatic nitrogens is 1. The molecule has 1 fully saturated rings. The zero-order valence-electron chi connectivity index (χ0n) is 13.9. The Morgan fingerprint density at radius 1 is 1.29 bits per heavy atom. The summed E-state index contributed by atoms with van der Waals surface area (Å²) in [4.78, 5) is 7.28.